The summed E-state index contributed by atoms with van der Waals surface area (Å²) in [4.78, 5) is 14.7. The van der Waals surface area contributed by atoms with Crippen molar-refractivity contribution in [3.63, 3.8) is 0 Å². The minimum atomic E-state index is -1.22. The Balaban J connectivity index is 1.80. The highest BCUT2D eigenvalue weighted by Gasteiger charge is 2.30. The first-order chi connectivity index (χ1) is 12.0. The molecule has 2 aromatic carbocycles. The highest BCUT2D eigenvalue weighted by atomic mass is 19.1. The first-order valence-electron chi connectivity index (χ1n) is 8.26. The van der Waals surface area contributed by atoms with Crippen molar-refractivity contribution in [1.82, 2.24) is 0 Å². The monoisotopic (exact) mass is 343 g/mol. The van der Waals surface area contributed by atoms with Gasteiger partial charge >= 0.3 is 0 Å². The van der Waals surface area contributed by atoms with Crippen LogP contribution in [0.15, 0.2) is 48.5 Å². The van der Waals surface area contributed by atoms with Gasteiger partial charge in [0.05, 0.1) is 13.2 Å². The number of hydrogen-bond acceptors (Lipinski definition) is 4. The van der Waals surface area contributed by atoms with E-state index in [2.05, 4.69) is 5.32 Å². The number of hydrogen-bond donors (Lipinski definition) is 2. The van der Waals surface area contributed by atoms with Crippen LogP contribution in [0, 0.1) is 5.82 Å². The van der Waals surface area contributed by atoms with E-state index < -0.39 is 17.3 Å². The molecule has 1 atom stereocenters. The van der Waals surface area contributed by atoms with Crippen molar-refractivity contribution in [2.24, 2.45) is 5.73 Å². The third-order valence-corrected chi connectivity index (χ3v) is 4.36. The first-order valence-corrected chi connectivity index (χ1v) is 8.26. The Labute approximate surface area is 146 Å². The summed E-state index contributed by atoms with van der Waals surface area (Å²) in [7, 11) is 0. The number of ether oxygens (including phenoxy) is 1. The standard InChI is InChI=1S/C19H22FN3O2/c1-19(21,14-5-3-2-4-6-14)18(24)22-16-11-15(20)12-17(13-16)23-7-9-25-10-8-23/h2-6,11-13H,7-10,21H2,1H3,(H,22,24). The maximum absolute atomic E-state index is 14.0. The highest BCUT2D eigenvalue weighted by Crippen LogP contribution is 2.25. The van der Waals surface area contributed by atoms with Crippen LogP contribution in [0.3, 0.4) is 0 Å². The summed E-state index contributed by atoms with van der Waals surface area (Å²) in [6.45, 7) is 4.23. The Hall–Kier alpha value is -2.44. The summed E-state index contributed by atoms with van der Waals surface area (Å²) in [6.07, 6.45) is 0. The van der Waals surface area contributed by atoms with Crippen LogP contribution < -0.4 is 16.0 Å². The number of carbonyl (C=O) groups is 1. The molecule has 6 heteroatoms. The molecule has 0 bridgehead atoms. The Kier molecular flexibility index (Phi) is 5.01. The third kappa shape index (κ3) is 3.97. The zero-order valence-corrected chi connectivity index (χ0v) is 14.2. The number of rotatable bonds is 4. The van der Waals surface area contributed by atoms with Crippen LogP contribution in [-0.4, -0.2) is 32.2 Å². The molecule has 132 valence electrons. The Morgan fingerprint density at radius 1 is 1.20 bits per heavy atom. The lowest BCUT2D eigenvalue weighted by Gasteiger charge is -2.29. The summed E-state index contributed by atoms with van der Waals surface area (Å²) in [5.74, 6) is -0.796. The van der Waals surface area contributed by atoms with Gasteiger partial charge in [0.1, 0.15) is 11.4 Å². The van der Waals surface area contributed by atoms with E-state index in [1.807, 2.05) is 23.1 Å². The topological polar surface area (TPSA) is 67.6 Å². The van der Waals surface area contributed by atoms with Crippen LogP contribution in [0.2, 0.25) is 0 Å². The van der Waals surface area contributed by atoms with Gasteiger partial charge < -0.3 is 20.7 Å². The van der Waals surface area contributed by atoms with Gasteiger partial charge in [-0.1, -0.05) is 30.3 Å². The number of nitrogens with two attached hydrogens (primary N) is 1. The fraction of sp³-hybridized carbons (Fsp3) is 0.316. The van der Waals surface area contributed by atoms with Gasteiger partial charge in [-0.15, -0.1) is 0 Å². The lowest BCUT2D eigenvalue weighted by atomic mass is 9.92. The molecular weight excluding hydrogens is 321 g/mol. The van der Waals surface area contributed by atoms with Gasteiger partial charge in [-0.25, -0.2) is 4.39 Å². The normalized spacial score (nSPS) is 17.0. The molecule has 2 aromatic rings. The van der Waals surface area contributed by atoms with Crippen molar-refractivity contribution in [2.75, 3.05) is 36.5 Å². The molecule has 3 N–H and O–H groups in total. The van der Waals surface area contributed by atoms with E-state index in [1.54, 1.807) is 25.1 Å². The van der Waals surface area contributed by atoms with Crippen LogP contribution in [0.5, 0.6) is 0 Å². The number of anilines is 2. The van der Waals surface area contributed by atoms with Crippen molar-refractivity contribution in [3.05, 3.63) is 59.9 Å². The maximum atomic E-state index is 14.0. The summed E-state index contributed by atoms with van der Waals surface area (Å²) in [6, 6.07) is 13.6. The number of benzene rings is 2. The molecule has 1 saturated heterocycles. The number of morpholine rings is 1. The third-order valence-electron chi connectivity index (χ3n) is 4.36. The largest absolute Gasteiger partial charge is 0.378 e. The van der Waals surface area contributed by atoms with E-state index in [1.165, 1.54) is 12.1 Å². The van der Waals surface area contributed by atoms with E-state index in [0.717, 1.165) is 5.69 Å². The Morgan fingerprint density at radius 3 is 2.56 bits per heavy atom. The lowest BCUT2D eigenvalue weighted by Crippen LogP contribution is -2.45. The Bertz CT molecular complexity index is 744. The summed E-state index contributed by atoms with van der Waals surface area (Å²) in [5.41, 5.74) is 6.80. The van der Waals surface area contributed by atoms with Crippen molar-refractivity contribution in [2.45, 2.75) is 12.5 Å². The number of nitrogens with one attached hydrogen (secondary N) is 1. The second kappa shape index (κ2) is 7.21. The van der Waals surface area contributed by atoms with Crippen LogP contribution in [-0.2, 0) is 15.1 Å². The van der Waals surface area contributed by atoms with Crippen LogP contribution >= 0.6 is 0 Å². The fourth-order valence-electron chi connectivity index (χ4n) is 2.83. The van der Waals surface area contributed by atoms with Crippen LogP contribution in [0.4, 0.5) is 15.8 Å². The molecule has 1 amide bonds. The molecule has 3 rings (SSSR count). The lowest BCUT2D eigenvalue weighted by molar-refractivity contribution is -0.120. The SMILES string of the molecule is CC(N)(C(=O)Nc1cc(F)cc(N2CCOCC2)c1)c1ccccc1. The van der Waals surface area contributed by atoms with Gasteiger partial charge in [0.2, 0.25) is 5.91 Å². The van der Waals surface area contributed by atoms with Crippen molar-refractivity contribution < 1.29 is 13.9 Å². The maximum Gasteiger partial charge on any atom is 0.248 e. The summed E-state index contributed by atoms with van der Waals surface area (Å²) >= 11 is 0. The second-order valence-corrected chi connectivity index (χ2v) is 6.32. The van der Waals surface area contributed by atoms with Crippen LogP contribution in [0.25, 0.3) is 0 Å². The zero-order chi connectivity index (χ0) is 17.9. The zero-order valence-electron chi connectivity index (χ0n) is 14.2. The van der Waals surface area contributed by atoms with Gasteiger partial charge in [-0.05, 0) is 30.7 Å². The molecular formula is C19H22FN3O2. The molecule has 1 fully saturated rings. The number of nitrogens with zero attached hydrogens (tertiary/aromatic N) is 1. The molecule has 0 radical (unpaired) electrons. The van der Waals surface area contributed by atoms with Crippen LogP contribution in [0.1, 0.15) is 12.5 Å². The molecule has 0 saturated carbocycles. The summed E-state index contributed by atoms with van der Waals surface area (Å²) < 4.78 is 19.3. The van der Waals surface area contributed by atoms with E-state index in [9.17, 15) is 9.18 Å². The molecule has 25 heavy (non-hydrogen) atoms. The molecule has 1 unspecified atom stereocenters. The van der Waals surface area contributed by atoms with E-state index >= 15 is 0 Å². The van der Waals surface area contributed by atoms with Gasteiger partial charge in [0, 0.05) is 24.5 Å². The fourth-order valence-corrected chi connectivity index (χ4v) is 2.83. The van der Waals surface area contributed by atoms with E-state index in [0.29, 0.717) is 37.6 Å². The molecule has 0 aliphatic carbocycles. The predicted octanol–water partition coefficient (Wildman–Crippen LogP) is 2.47. The molecule has 0 aromatic heterocycles. The average Bonchev–Trinajstić information content (AvgIpc) is 2.62. The van der Waals surface area contributed by atoms with Gasteiger partial charge in [0.25, 0.3) is 0 Å². The molecule has 5 nitrogen and oxygen atoms in total. The molecule has 1 aliphatic heterocycles. The Morgan fingerprint density at radius 2 is 1.88 bits per heavy atom. The molecule has 0 spiro atoms. The van der Waals surface area contributed by atoms with E-state index in [4.69, 9.17) is 10.5 Å². The average molecular weight is 343 g/mol. The highest BCUT2D eigenvalue weighted by molar-refractivity contribution is 5.98. The quantitative estimate of drug-likeness (QED) is 0.895. The minimum absolute atomic E-state index is 0.388. The predicted molar refractivity (Wildman–Crippen MR) is 96.0 cm³/mol. The van der Waals surface area contributed by atoms with Gasteiger partial charge in [0.15, 0.2) is 0 Å². The van der Waals surface area contributed by atoms with Crippen molar-refractivity contribution in [3.8, 4) is 0 Å². The number of carbonyl (C=O) groups excluding carboxylic acids is 1. The molecule has 1 aliphatic rings. The summed E-state index contributed by atoms with van der Waals surface area (Å²) in [5, 5.41) is 2.74. The van der Waals surface area contributed by atoms with Crippen molar-refractivity contribution in [1.29, 1.82) is 0 Å². The first kappa shape index (κ1) is 17.4. The smallest absolute Gasteiger partial charge is 0.248 e. The number of halogens is 1. The molecule has 1 heterocycles. The number of amides is 1. The van der Waals surface area contributed by atoms with E-state index in [-0.39, 0.29) is 0 Å². The minimum Gasteiger partial charge on any atom is -0.378 e. The van der Waals surface area contributed by atoms with Gasteiger partial charge in [-0.3, -0.25) is 4.79 Å². The second-order valence-electron chi connectivity index (χ2n) is 6.32. The van der Waals surface area contributed by atoms with Crippen molar-refractivity contribution >= 4 is 17.3 Å². The van der Waals surface area contributed by atoms with Gasteiger partial charge in [-0.2, -0.15) is 0 Å².